The fraction of sp³-hybridized carbons (Fsp3) is 0.545. The molecular weight excluding hydrogens is 176 g/mol. The molecule has 0 amide bonds. The smallest absolute Gasteiger partial charge is 0.126 e. The van der Waals surface area contributed by atoms with E-state index in [4.69, 9.17) is 4.74 Å². The Balaban J connectivity index is 2.39. The maximum Gasteiger partial charge on any atom is 0.126 e. The number of aromatic nitrogens is 1. The van der Waals surface area contributed by atoms with Gasteiger partial charge in [0.2, 0.25) is 0 Å². The molecule has 0 bridgehead atoms. The zero-order chi connectivity index (χ0) is 10.4. The number of anilines is 1. The number of methoxy groups -OCH3 is 1. The minimum Gasteiger partial charge on any atom is -0.385 e. The molecule has 0 aliphatic carbocycles. The SMILES string of the molecule is COCCC(C)Nc1ccc(C)cn1. The fourth-order valence-corrected chi connectivity index (χ4v) is 1.17. The second kappa shape index (κ2) is 5.60. The van der Waals surface area contributed by atoms with Gasteiger partial charge in [-0.05, 0) is 31.9 Å². The number of nitrogens with one attached hydrogen (secondary N) is 1. The predicted molar refractivity (Wildman–Crippen MR) is 58.6 cm³/mol. The first-order chi connectivity index (χ1) is 6.72. The molecule has 0 saturated heterocycles. The lowest BCUT2D eigenvalue weighted by Crippen LogP contribution is -2.17. The Morgan fingerprint density at radius 1 is 1.50 bits per heavy atom. The topological polar surface area (TPSA) is 34.1 Å². The van der Waals surface area contributed by atoms with Gasteiger partial charge >= 0.3 is 0 Å². The van der Waals surface area contributed by atoms with Gasteiger partial charge in [-0.15, -0.1) is 0 Å². The average Bonchev–Trinajstić information content (AvgIpc) is 2.18. The van der Waals surface area contributed by atoms with E-state index in [2.05, 4.69) is 23.3 Å². The number of hydrogen-bond acceptors (Lipinski definition) is 3. The molecule has 0 spiro atoms. The van der Waals surface area contributed by atoms with Crippen molar-refractivity contribution in [3.8, 4) is 0 Å². The molecule has 1 aromatic heterocycles. The molecule has 1 atom stereocenters. The van der Waals surface area contributed by atoms with E-state index in [9.17, 15) is 0 Å². The van der Waals surface area contributed by atoms with Crippen LogP contribution in [0.5, 0.6) is 0 Å². The summed E-state index contributed by atoms with van der Waals surface area (Å²) in [6, 6.07) is 4.45. The number of rotatable bonds is 5. The summed E-state index contributed by atoms with van der Waals surface area (Å²) in [5.41, 5.74) is 1.18. The molecule has 0 aromatic carbocycles. The van der Waals surface area contributed by atoms with Crippen molar-refractivity contribution in [2.24, 2.45) is 0 Å². The van der Waals surface area contributed by atoms with Crippen molar-refractivity contribution in [1.29, 1.82) is 0 Å². The van der Waals surface area contributed by atoms with Crippen LogP contribution in [-0.4, -0.2) is 24.7 Å². The Morgan fingerprint density at radius 3 is 2.86 bits per heavy atom. The predicted octanol–water partition coefficient (Wildman–Crippen LogP) is 2.23. The van der Waals surface area contributed by atoms with Crippen molar-refractivity contribution in [1.82, 2.24) is 4.98 Å². The molecule has 0 aliphatic rings. The zero-order valence-corrected chi connectivity index (χ0v) is 9.08. The van der Waals surface area contributed by atoms with Gasteiger partial charge in [0.1, 0.15) is 5.82 Å². The van der Waals surface area contributed by atoms with E-state index in [1.54, 1.807) is 7.11 Å². The molecule has 1 aromatic rings. The summed E-state index contributed by atoms with van der Waals surface area (Å²) in [6.07, 6.45) is 2.86. The third-order valence-corrected chi connectivity index (χ3v) is 2.06. The second-order valence-electron chi connectivity index (χ2n) is 3.55. The summed E-state index contributed by atoms with van der Waals surface area (Å²) in [5, 5.41) is 3.31. The number of hydrogen-bond donors (Lipinski definition) is 1. The van der Waals surface area contributed by atoms with E-state index >= 15 is 0 Å². The molecule has 14 heavy (non-hydrogen) atoms. The van der Waals surface area contributed by atoms with Crippen molar-refractivity contribution >= 4 is 5.82 Å². The molecule has 78 valence electrons. The second-order valence-corrected chi connectivity index (χ2v) is 3.55. The van der Waals surface area contributed by atoms with Crippen LogP contribution in [0.25, 0.3) is 0 Å². The van der Waals surface area contributed by atoms with Gasteiger partial charge in [0, 0.05) is 26.0 Å². The molecule has 0 aliphatic heterocycles. The standard InChI is InChI=1S/C11H18N2O/c1-9-4-5-11(12-8-9)13-10(2)6-7-14-3/h4-5,8,10H,6-7H2,1-3H3,(H,12,13). The first kappa shape index (κ1) is 11.0. The van der Waals surface area contributed by atoms with Crippen LogP contribution < -0.4 is 5.32 Å². The van der Waals surface area contributed by atoms with Crippen molar-refractivity contribution < 1.29 is 4.74 Å². The molecular formula is C11H18N2O. The number of nitrogens with zero attached hydrogens (tertiary/aromatic N) is 1. The largest absolute Gasteiger partial charge is 0.385 e. The summed E-state index contributed by atoms with van der Waals surface area (Å²) >= 11 is 0. The van der Waals surface area contributed by atoms with E-state index < -0.39 is 0 Å². The molecule has 1 rings (SSSR count). The van der Waals surface area contributed by atoms with Gasteiger partial charge in [0.25, 0.3) is 0 Å². The normalized spacial score (nSPS) is 12.5. The van der Waals surface area contributed by atoms with Crippen molar-refractivity contribution in [2.75, 3.05) is 19.0 Å². The van der Waals surface area contributed by atoms with Gasteiger partial charge in [-0.3, -0.25) is 0 Å². The third kappa shape index (κ3) is 3.75. The molecule has 0 radical (unpaired) electrons. The fourth-order valence-electron chi connectivity index (χ4n) is 1.17. The van der Waals surface area contributed by atoms with E-state index in [1.165, 1.54) is 5.56 Å². The summed E-state index contributed by atoms with van der Waals surface area (Å²) in [7, 11) is 1.72. The monoisotopic (exact) mass is 194 g/mol. The molecule has 3 nitrogen and oxygen atoms in total. The van der Waals surface area contributed by atoms with Gasteiger partial charge < -0.3 is 10.1 Å². The van der Waals surface area contributed by atoms with E-state index in [-0.39, 0.29) is 0 Å². The highest BCUT2D eigenvalue weighted by molar-refractivity contribution is 5.35. The summed E-state index contributed by atoms with van der Waals surface area (Å²) in [4.78, 5) is 4.27. The quantitative estimate of drug-likeness (QED) is 0.780. The maximum atomic E-state index is 5.01. The Labute approximate surface area is 85.5 Å². The van der Waals surface area contributed by atoms with Crippen LogP contribution in [0.4, 0.5) is 5.82 Å². The number of aryl methyl sites for hydroxylation is 1. The maximum absolute atomic E-state index is 5.01. The highest BCUT2D eigenvalue weighted by Crippen LogP contribution is 2.06. The van der Waals surface area contributed by atoms with Gasteiger partial charge in [-0.2, -0.15) is 0 Å². The lowest BCUT2D eigenvalue weighted by Gasteiger charge is -2.13. The minimum absolute atomic E-state index is 0.394. The van der Waals surface area contributed by atoms with Gasteiger partial charge in [-0.25, -0.2) is 4.98 Å². The molecule has 1 N–H and O–H groups in total. The first-order valence-electron chi connectivity index (χ1n) is 4.90. The molecule has 0 saturated carbocycles. The lowest BCUT2D eigenvalue weighted by molar-refractivity contribution is 0.191. The van der Waals surface area contributed by atoms with Gasteiger partial charge in [-0.1, -0.05) is 6.07 Å². The highest BCUT2D eigenvalue weighted by atomic mass is 16.5. The molecule has 1 unspecified atom stereocenters. The van der Waals surface area contributed by atoms with Crippen LogP contribution in [0.3, 0.4) is 0 Å². The van der Waals surface area contributed by atoms with Crippen molar-refractivity contribution in [3.63, 3.8) is 0 Å². The van der Waals surface area contributed by atoms with Crippen molar-refractivity contribution in [2.45, 2.75) is 26.3 Å². The highest BCUT2D eigenvalue weighted by Gasteiger charge is 2.01. The van der Waals surface area contributed by atoms with Crippen LogP contribution in [0.15, 0.2) is 18.3 Å². The van der Waals surface area contributed by atoms with E-state index in [0.29, 0.717) is 6.04 Å². The molecule has 3 heteroatoms. The summed E-state index contributed by atoms with van der Waals surface area (Å²) in [6.45, 7) is 4.94. The number of pyridine rings is 1. The Morgan fingerprint density at radius 2 is 2.29 bits per heavy atom. The average molecular weight is 194 g/mol. The summed E-state index contributed by atoms with van der Waals surface area (Å²) < 4.78 is 5.01. The lowest BCUT2D eigenvalue weighted by atomic mass is 10.2. The van der Waals surface area contributed by atoms with Crippen LogP contribution in [0, 0.1) is 6.92 Å². The third-order valence-electron chi connectivity index (χ3n) is 2.06. The van der Waals surface area contributed by atoms with Crippen LogP contribution in [0.1, 0.15) is 18.9 Å². The van der Waals surface area contributed by atoms with Crippen LogP contribution in [-0.2, 0) is 4.74 Å². The Bertz CT molecular complexity index is 258. The van der Waals surface area contributed by atoms with Crippen molar-refractivity contribution in [3.05, 3.63) is 23.9 Å². The van der Waals surface area contributed by atoms with E-state index in [1.807, 2.05) is 19.2 Å². The Hall–Kier alpha value is -1.09. The first-order valence-corrected chi connectivity index (χ1v) is 4.90. The zero-order valence-electron chi connectivity index (χ0n) is 9.08. The van der Waals surface area contributed by atoms with Crippen LogP contribution >= 0.6 is 0 Å². The van der Waals surface area contributed by atoms with E-state index in [0.717, 1.165) is 18.8 Å². The van der Waals surface area contributed by atoms with Gasteiger partial charge in [0.15, 0.2) is 0 Å². The molecule has 0 fully saturated rings. The van der Waals surface area contributed by atoms with Crippen LogP contribution in [0.2, 0.25) is 0 Å². The number of ether oxygens (including phenoxy) is 1. The summed E-state index contributed by atoms with van der Waals surface area (Å²) in [5.74, 6) is 0.930. The minimum atomic E-state index is 0.394. The molecule has 1 heterocycles. The Kier molecular flexibility index (Phi) is 4.40. The van der Waals surface area contributed by atoms with Gasteiger partial charge in [0.05, 0.1) is 0 Å².